The van der Waals surface area contributed by atoms with E-state index in [1.54, 1.807) is 20.8 Å². The normalized spacial score (nSPS) is 33.1. The van der Waals surface area contributed by atoms with Crippen LogP contribution in [0, 0.1) is 29.1 Å². The zero-order valence-electron chi connectivity index (χ0n) is 21.2. The van der Waals surface area contributed by atoms with E-state index in [-0.39, 0.29) is 27.7 Å². The summed E-state index contributed by atoms with van der Waals surface area (Å²) in [5.41, 5.74) is 2.27. The number of alkyl carbamates (subject to hydrolysis) is 1. The van der Waals surface area contributed by atoms with E-state index in [1.165, 1.54) is 19.3 Å². The van der Waals surface area contributed by atoms with E-state index in [2.05, 4.69) is 10.7 Å². The van der Waals surface area contributed by atoms with Gasteiger partial charge in [0.15, 0.2) is 0 Å². The van der Waals surface area contributed by atoms with E-state index in [0.717, 1.165) is 32.1 Å². The lowest BCUT2D eigenvalue weighted by molar-refractivity contribution is -0.881. The van der Waals surface area contributed by atoms with Gasteiger partial charge < -0.3 is 10.1 Å². The summed E-state index contributed by atoms with van der Waals surface area (Å²) in [4.78, 5) is 40.2. The summed E-state index contributed by atoms with van der Waals surface area (Å²) in [6.07, 6.45) is 8.64. The molecule has 0 radical (unpaired) electrons. The van der Waals surface area contributed by atoms with Crippen molar-refractivity contribution in [3.05, 3.63) is 0 Å². The van der Waals surface area contributed by atoms with Gasteiger partial charge in [0.05, 0.1) is 5.41 Å². The summed E-state index contributed by atoms with van der Waals surface area (Å²) in [5, 5.41) is 2.78. The van der Waals surface area contributed by atoms with Crippen molar-refractivity contribution in [3.8, 4) is 0 Å². The monoisotopic (exact) mass is 462 g/mol. The molecule has 4 saturated carbocycles. The molecule has 0 aromatic heterocycles. The quantitative estimate of drug-likeness (QED) is 0.596. The van der Waals surface area contributed by atoms with Gasteiger partial charge in [-0.15, -0.1) is 0 Å². The topological polar surface area (TPSA) is 84.5 Å². The van der Waals surface area contributed by atoms with Gasteiger partial charge in [-0.05, 0) is 89.4 Å². The average Bonchev–Trinajstić information content (AvgIpc) is 3.13. The van der Waals surface area contributed by atoms with Crippen LogP contribution in [0.1, 0.15) is 92.4 Å². The van der Waals surface area contributed by atoms with Crippen LogP contribution in [0.15, 0.2) is 0 Å². The van der Waals surface area contributed by atoms with Gasteiger partial charge in [-0.1, -0.05) is 13.8 Å². The second-order valence-electron chi connectivity index (χ2n) is 12.9. The highest BCUT2D eigenvalue weighted by Crippen LogP contribution is 2.61. The van der Waals surface area contributed by atoms with Crippen molar-refractivity contribution in [3.63, 3.8) is 0 Å². The molecule has 1 aliphatic heterocycles. The first-order valence-corrected chi connectivity index (χ1v) is 13.1. The fourth-order valence-corrected chi connectivity index (χ4v) is 7.51. The number of hydrogen-bond donors (Lipinski definition) is 2. The third-order valence-electron chi connectivity index (χ3n) is 8.25. The maximum atomic E-state index is 14.3. The molecule has 0 aromatic carbocycles. The number of carbonyl (C=O) groups excluding carboxylic acids is 3. The Kier molecular flexibility index (Phi) is 6.58. The number of hydrogen-bond acceptors (Lipinski definition) is 4. The molecule has 186 valence electrons. The van der Waals surface area contributed by atoms with E-state index in [9.17, 15) is 14.4 Å². The minimum Gasteiger partial charge on any atom is -0.444 e. The minimum atomic E-state index is -0.723. The molecule has 0 aromatic rings. The molecular weight excluding hydrogens is 418 g/mol. The molecule has 1 saturated heterocycles. The number of amides is 3. The van der Waals surface area contributed by atoms with Gasteiger partial charge in [-0.3, -0.25) is 4.79 Å². The maximum Gasteiger partial charge on any atom is 0.408 e. The zero-order valence-corrected chi connectivity index (χ0v) is 21.2. The summed E-state index contributed by atoms with van der Waals surface area (Å²) in [6, 6.07) is -0.723. The van der Waals surface area contributed by atoms with Crippen molar-refractivity contribution in [2.45, 2.75) is 104 Å². The van der Waals surface area contributed by atoms with Crippen molar-refractivity contribution in [1.29, 1.82) is 0 Å². The molecule has 1 atom stereocenters. The Labute approximate surface area is 198 Å². The van der Waals surface area contributed by atoms with E-state index in [4.69, 9.17) is 4.74 Å². The van der Waals surface area contributed by atoms with E-state index < -0.39 is 17.7 Å². The van der Waals surface area contributed by atoms with Gasteiger partial charge in [-0.2, -0.15) is 10.0 Å². The third kappa shape index (κ3) is 5.23. The Morgan fingerprint density at radius 3 is 1.94 bits per heavy atom. The van der Waals surface area contributed by atoms with Gasteiger partial charge in [0.2, 0.25) is 0 Å². The molecule has 3 amide bonds. The van der Waals surface area contributed by atoms with Gasteiger partial charge in [-0.25, -0.2) is 9.59 Å². The largest absolute Gasteiger partial charge is 0.444 e. The van der Waals surface area contributed by atoms with Gasteiger partial charge in [0, 0.05) is 12.8 Å². The van der Waals surface area contributed by atoms with Gasteiger partial charge in [0.1, 0.15) is 24.7 Å². The molecule has 5 aliphatic rings. The number of carbonyl (C=O) groups is 3. The van der Waals surface area contributed by atoms with E-state index in [1.807, 2.05) is 13.8 Å². The van der Waals surface area contributed by atoms with Crippen LogP contribution >= 0.6 is 0 Å². The highest BCUT2D eigenvalue weighted by Gasteiger charge is 2.61. The summed E-state index contributed by atoms with van der Waals surface area (Å²) in [7, 11) is 0. The van der Waals surface area contributed by atoms with Crippen LogP contribution in [-0.2, 0) is 14.3 Å². The lowest BCUT2D eigenvalue weighted by Gasteiger charge is -2.56. The highest BCUT2D eigenvalue weighted by atomic mass is 16.6. The van der Waals surface area contributed by atoms with Crippen molar-refractivity contribution in [1.82, 2.24) is 10.7 Å². The Bertz CT molecular complexity index is 744. The van der Waals surface area contributed by atoms with Gasteiger partial charge in [0.25, 0.3) is 5.91 Å². The number of quaternary nitrogens is 1. The summed E-state index contributed by atoms with van der Waals surface area (Å²) in [5.74, 6) is 2.23. The second kappa shape index (κ2) is 8.86. The number of nitrogens with zero attached hydrogens (tertiary/aromatic N) is 1. The van der Waals surface area contributed by atoms with Crippen LogP contribution in [0.5, 0.6) is 0 Å². The number of ether oxygens (including phenoxy) is 1. The molecule has 7 nitrogen and oxygen atoms in total. The first-order chi connectivity index (χ1) is 15.4. The molecule has 0 unspecified atom stereocenters. The standard InChI is InChI=1S/C26H43N3O4/c1-17(2)10-21(27-24(32)33-25(3,4)5)22(30)28-29(8-6-7-9-29)23(31)26-14-18-11-19(15-26)13-20(12-18)16-26/h17-21H,6-16H2,1-5H3,(H-,27,28,30,32)/p+1/t18?,19?,20?,21-,26?/m0/s1. The zero-order chi connectivity index (χ0) is 24.0. The number of rotatable bonds is 5. The molecular formula is C26H44N3O4+. The van der Waals surface area contributed by atoms with Crippen molar-refractivity contribution in [2.75, 3.05) is 13.1 Å². The molecule has 33 heavy (non-hydrogen) atoms. The Hall–Kier alpha value is -1.63. The van der Waals surface area contributed by atoms with E-state index in [0.29, 0.717) is 37.3 Å². The average molecular weight is 463 g/mol. The predicted molar refractivity (Wildman–Crippen MR) is 126 cm³/mol. The molecule has 7 heteroatoms. The fraction of sp³-hybridized carbons (Fsp3) is 0.885. The van der Waals surface area contributed by atoms with Crippen LogP contribution in [0.2, 0.25) is 0 Å². The van der Waals surface area contributed by atoms with Crippen molar-refractivity contribution < 1.29 is 23.7 Å². The highest BCUT2D eigenvalue weighted by molar-refractivity contribution is 5.86. The molecule has 5 rings (SSSR count). The van der Waals surface area contributed by atoms with Crippen LogP contribution in [-0.4, -0.2) is 47.2 Å². The predicted octanol–water partition coefficient (Wildman–Crippen LogP) is 4.31. The minimum absolute atomic E-state index is 0.0651. The van der Waals surface area contributed by atoms with Crippen LogP contribution in [0.3, 0.4) is 0 Å². The summed E-state index contributed by atoms with van der Waals surface area (Å²) >= 11 is 0. The second-order valence-corrected chi connectivity index (χ2v) is 12.9. The van der Waals surface area contributed by atoms with E-state index >= 15 is 0 Å². The molecule has 1 heterocycles. The van der Waals surface area contributed by atoms with Crippen LogP contribution in [0.4, 0.5) is 4.79 Å². The number of likely N-dealkylation sites (tertiary alicyclic amines) is 1. The SMILES string of the molecule is CC(C)C[C@H](NC(=O)OC(C)(C)C)C(=O)N[N+]1(C(=O)C23CC4CC(CC(C4)C2)C3)CCCC1. The number of nitrogens with one attached hydrogen (secondary N) is 2. The molecule has 0 spiro atoms. The first kappa shape index (κ1) is 24.5. The van der Waals surface area contributed by atoms with Crippen molar-refractivity contribution >= 4 is 17.9 Å². The lowest BCUT2D eigenvalue weighted by atomic mass is 9.49. The van der Waals surface area contributed by atoms with Crippen LogP contribution < -0.4 is 10.7 Å². The molecule has 5 fully saturated rings. The smallest absolute Gasteiger partial charge is 0.408 e. The summed E-state index contributed by atoms with van der Waals surface area (Å²) < 4.78 is 5.47. The molecule has 2 N–H and O–H groups in total. The van der Waals surface area contributed by atoms with Gasteiger partial charge >= 0.3 is 12.0 Å². The Morgan fingerprint density at radius 1 is 0.970 bits per heavy atom. The first-order valence-electron chi connectivity index (χ1n) is 13.1. The summed E-state index contributed by atoms with van der Waals surface area (Å²) in [6.45, 7) is 10.8. The van der Waals surface area contributed by atoms with Crippen LogP contribution in [0.25, 0.3) is 0 Å². The maximum absolute atomic E-state index is 14.3. The Morgan fingerprint density at radius 2 is 1.48 bits per heavy atom. The third-order valence-corrected chi connectivity index (χ3v) is 8.25. The van der Waals surface area contributed by atoms with Crippen molar-refractivity contribution in [2.24, 2.45) is 29.1 Å². The fourth-order valence-electron chi connectivity index (χ4n) is 7.51. The molecule has 4 bridgehead atoms. The lowest BCUT2D eigenvalue weighted by Crippen LogP contribution is -2.70. The molecule has 4 aliphatic carbocycles. The Balaban J connectivity index is 1.51.